The largest absolute Gasteiger partial charge is 0.370 e. The van der Waals surface area contributed by atoms with Crippen LogP contribution in [0, 0.1) is 12.7 Å². The Morgan fingerprint density at radius 1 is 1.08 bits per heavy atom. The van der Waals surface area contributed by atoms with Gasteiger partial charge in [-0.15, -0.1) is 0 Å². The highest BCUT2D eigenvalue weighted by molar-refractivity contribution is 5.85. The Kier molecular flexibility index (Phi) is 4.00. The molecule has 1 fully saturated rings. The van der Waals surface area contributed by atoms with Gasteiger partial charge in [-0.3, -0.25) is 0 Å². The molecule has 0 amide bonds. The van der Waals surface area contributed by atoms with Crippen LogP contribution in [0.3, 0.4) is 0 Å². The van der Waals surface area contributed by atoms with Crippen molar-refractivity contribution in [1.82, 2.24) is 9.47 Å². The summed E-state index contributed by atoms with van der Waals surface area (Å²) in [6, 6.07) is 14.4. The zero-order chi connectivity index (χ0) is 17.6. The molecule has 0 radical (unpaired) electrons. The molecule has 1 unspecified atom stereocenters. The smallest absolute Gasteiger partial charge is 0.132 e. The van der Waals surface area contributed by atoms with Crippen molar-refractivity contribution >= 4 is 16.6 Å². The molecule has 4 rings (SSSR count). The van der Waals surface area contributed by atoms with Gasteiger partial charge in [-0.25, -0.2) is 4.39 Å². The summed E-state index contributed by atoms with van der Waals surface area (Å²) in [6.45, 7) is 4.16. The van der Waals surface area contributed by atoms with Crippen LogP contribution >= 0.6 is 0 Å². The molecule has 2 heterocycles. The van der Waals surface area contributed by atoms with E-state index in [2.05, 4.69) is 52.7 Å². The Bertz CT molecular complexity index is 913. The summed E-state index contributed by atoms with van der Waals surface area (Å²) in [4.78, 5) is 4.74. The SMILES string of the molecule is Cc1ccc(F)c2ccn(-c3cccc(N4CCC(N(C)C)C4)c3)c12. The molecule has 130 valence electrons. The Morgan fingerprint density at radius 3 is 2.64 bits per heavy atom. The maximum Gasteiger partial charge on any atom is 0.132 e. The first-order valence-electron chi connectivity index (χ1n) is 8.82. The van der Waals surface area contributed by atoms with Gasteiger partial charge >= 0.3 is 0 Å². The average molecular weight is 337 g/mol. The van der Waals surface area contributed by atoms with E-state index in [1.807, 2.05) is 25.3 Å². The van der Waals surface area contributed by atoms with Crippen LogP contribution < -0.4 is 4.90 Å². The van der Waals surface area contributed by atoms with Crippen molar-refractivity contribution in [3.05, 3.63) is 60.0 Å². The average Bonchev–Trinajstić information content (AvgIpc) is 3.26. The number of fused-ring (bicyclic) bond motifs is 1. The Balaban J connectivity index is 1.73. The zero-order valence-electron chi connectivity index (χ0n) is 15.0. The number of anilines is 1. The number of nitrogens with zero attached hydrogens (tertiary/aromatic N) is 3. The number of aromatic nitrogens is 1. The monoisotopic (exact) mass is 337 g/mol. The van der Waals surface area contributed by atoms with Gasteiger partial charge in [0.25, 0.3) is 0 Å². The number of likely N-dealkylation sites (N-methyl/N-ethyl adjacent to an activating group) is 1. The highest BCUT2D eigenvalue weighted by atomic mass is 19.1. The van der Waals surface area contributed by atoms with E-state index in [0.717, 1.165) is 29.9 Å². The molecule has 0 aliphatic carbocycles. The highest BCUT2D eigenvalue weighted by Crippen LogP contribution is 2.29. The number of benzene rings is 2. The van der Waals surface area contributed by atoms with E-state index in [4.69, 9.17) is 0 Å². The van der Waals surface area contributed by atoms with Crippen LogP contribution in [-0.2, 0) is 0 Å². The third-order valence-corrected chi connectivity index (χ3v) is 5.36. The Morgan fingerprint density at radius 2 is 1.88 bits per heavy atom. The van der Waals surface area contributed by atoms with Gasteiger partial charge in [0.1, 0.15) is 5.82 Å². The van der Waals surface area contributed by atoms with Gasteiger partial charge in [0.2, 0.25) is 0 Å². The van der Waals surface area contributed by atoms with E-state index >= 15 is 0 Å². The molecule has 4 heteroatoms. The molecule has 3 nitrogen and oxygen atoms in total. The Labute approximate surface area is 148 Å². The van der Waals surface area contributed by atoms with Gasteiger partial charge in [0.05, 0.1) is 5.52 Å². The number of hydrogen-bond acceptors (Lipinski definition) is 2. The molecule has 1 aliphatic heterocycles. The summed E-state index contributed by atoms with van der Waals surface area (Å²) >= 11 is 0. The van der Waals surface area contributed by atoms with E-state index < -0.39 is 0 Å². The molecule has 3 aromatic rings. The summed E-state index contributed by atoms with van der Waals surface area (Å²) < 4.78 is 16.2. The first-order valence-corrected chi connectivity index (χ1v) is 8.82. The fraction of sp³-hybridized carbons (Fsp3) is 0.333. The second kappa shape index (κ2) is 6.19. The molecule has 1 atom stereocenters. The lowest BCUT2D eigenvalue weighted by atomic mass is 10.1. The minimum Gasteiger partial charge on any atom is -0.370 e. The first kappa shape index (κ1) is 16.2. The summed E-state index contributed by atoms with van der Waals surface area (Å²) in [5.41, 5.74) is 4.35. The summed E-state index contributed by atoms with van der Waals surface area (Å²) in [6.07, 6.45) is 3.15. The van der Waals surface area contributed by atoms with Crippen molar-refractivity contribution in [3.63, 3.8) is 0 Å². The topological polar surface area (TPSA) is 11.4 Å². The third-order valence-electron chi connectivity index (χ3n) is 5.36. The normalized spacial score (nSPS) is 17.8. The fourth-order valence-electron chi connectivity index (χ4n) is 3.85. The van der Waals surface area contributed by atoms with Gasteiger partial charge in [0, 0.05) is 42.1 Å². The molecule has 0 N–H and O–H groups in total. The van der Waals surface area contributed by atoms with Crippen LogP contribution in [0.1, 0.15) is 12.0 Å². The minimum atomic E-state index is -0.163. The molecule has 1 aromatic heterocycles. The van der Waals surface area contributed by atoms with Crippen molar-refractivity contribution in [3.8, 4) is 5.69 Å². The van der Waals surface area contributed by atoms with E-state index in [1.165, 1.54) is 12.1 Å². The zero-order valence-corrected chi connectivity index (χ0v) is 15.0. The van der Waals surface area contributed by atoms with E-state index in [9.17, 15) is 4.39 Å². The van der Waals surface area contributed by atoms with Gasteiger partial charge in [-0.1, -0.05) is 12.1 Å². The van der Waals surface area contributed by atoms with Crippen molar-refractivity contribution in [2.45, 2.75) is 19.4 Å². The number of rotatable bonds is 3. The molecule has 2 aromatic carbocycles. The van der Waals surface area contributed by atoms with Crippen LogP contribution in [0.2, 0.25) is 0 Å². The molecule has 1 saturated heterocycles. The van der Waals surface area contributed by atoms with E-state index in [-0.39, 0.29) is 5.82 Å². The van der Waals surface area contributed by atoms with Gasteiger partial charge in [-0.05, 0) is 63.3 Å². The lowest BCUT2D eigenvalue weighted by Crippen LogP contribution is -2.31. The summed E-state index contributed by atoms with van der Waals surface area (Å²) in [5.74, 6) is -0.163. The van der Waals surface area contributed by atoms with Crippen molar-refractivity contribution in [1.29, 1.82) is 0 Å². The fourth-order valence-corrected chi connectivity index (χ4v) is 3.85. The maximum absolute atomic E-state index is 14.1. The van der Waals surface area contributed by atoms with Crippen molar-refractivity contribution in [2.75, 3.05) is 32.1 Å². The molecular formula is C21H24FN3. The highest BCUT2D eigenvalue weighted by Gasteiger charge is 2.24. The van der Waals surface area contributed by atoms with Crippen LogP contribution in [0.25, 0.3) is 16.6 Å². The number of aryl methyl sites for hydroxylation is 1. The molecule has 0 spiro atoms. The molecule has 0 bridgehead atoms. The predicted molar refractivity (Wildman–Crippen MR) is 102 cm³/mol. The predicted octanol–water partition coefficient (Wildman–Crippen LogP) is 4.22. The Hall–Kier alpha value is -2.33. The van der Waals surface area contributed by atoms with E-state index in [1.54, 1.807) is 6.07 Å². The van der Waals surface area contributed by atoms with Crippen LogP contribution in [0.5, 0.6) is 0 Å². The summed E-state index contributed by atoms with van der Waals surface area (Å²) in [7, 11) is 4.29. The lowest BCUT2D eigenvalue weighted by molar-refractivity contribution is 0.315. The first-order chi connectivity index (χ1) is 12.0. The van der Waals surface area contributed by atoms with Crippen molar-refractivity contribution < 1.29 is 4.39 Å². The molecule has 1 aliphatic rings. The van der Waals surface area contributed by atoms with Gasteiger partial charge in [0.15, 0.2) is 0 Å². The molecule has 25 heavy (non-hydrogen) atoms. The molecular weight excluding hydrogens is 313 g/mol. The quantitative estimate of drug-likeness (QED) is 0.709. The number of halogens is 1. The summed E-state index contributed by atoms with van der Waals surface area (Å²) in [5, 5.41) is 0.680. The van der Waals surface area contributed by atoms with Gasteiger partial charge < -0.3 is 14.4 Å². The third kappa shape index (κ3) is 2.81. The minimum absolute atomic E-state index is 0.163. The second-order valence-corrected chi connectivity index (χ2v) is 7.18. The van der Waals surface area contributed by atoms with Crippen molar-refractivity contribution in [2.24, 2.45) is 0 Å². The second-order valence-electron chi connectivity index (χ2n) is 7.18. The van der Waals surface area contributed by atoms with Crippen LogP contribution in [-0.4, -0.2) is 42.7 Å². The van der Waals surface area contributed by atoms with Crippen LogP contribution in [0.15, 0.2) is 48.7 Å². The maximum atomic E-state index is 14.1. The number of hydrogen-bond donors (Lipinski definition) is 0. The lowest BCUT2D eigenvalue weighted by Gasteiger charge is -2.22. The standard InChI is InChI=1S/C21H24FN3/c1-15-7-8-20(22)19-10-12-25(21(15)19)17-6-4-5-16(13-17)24-11-9-18(14-24)23(2)3/h4-8,10,12-13,18H,9,11,14H2,1-3H3. The van der Waals surface area contributed by atoms with Crippen LogP contribution in [0.4, 0.5) is 10.1 Å². The van der Waals surface area contributed by atoms with E-state index in [0.29, 0.717) is 11.4 Å². The van der Waals surface area contributed by atoms with Gasteiger partial charge in [-0.2, -0.15) is 0 Å². The molecule has 0 saturated carbocycles.